The van der Waals surface area contributed by atoms with E-state index in [4.69, 9.17) is 0 Å². The average molecular weight is 268 g/mol. The van der Waals surface area contributed by atoms with Crippen LogP contribution in [-0.2, 0) is 0 Å². The molecule has 0 unspecified atom stereocenters. The number of halogens is 3. The largest absolute Gasteiger partial charge is 0.265 e. The molecule has 1 aromatic rings. The highest BCUT2D eigenvalue weighted by molar-refractivity contribution is 9.10. The Morgan fingerprint density at radius 3 is 2.79 bits per heavy atom. The number of alkyl halides is 2. The number of anilines is 1. The highest BCUT2D eigenvalue weighted by atomic mass is 79.9. The lowest BCUT2D eigenvalue weighted by atomic mass is 10.3. The number of nitro groups is 1. The highest BCUT2D eigenvalue weighted by Crippen LogP contribution is 2.28. The van der Waals surface area contributed by atoms with Crippen molar-refractivity contribution in [2.75, 3.05) is 5.43 Å². The van der Waals surface area contributed by atoms with Gasteiger partial charge in [-0.2, -0.15) is 0 Å². The molecule has 76 valence electrons. The fourth-order valence-electron chi connectivity index (χ4n) is 0.776. The molecule has 1 heterocycles. The van der Waals surface area contributed by atoms with E-state index in [0.29, 0.717) is 0 Å². The maximum atomic E-state index is 12.3. The van der Waals surface area contributed by atoms with Crippen molar-refractivity contribution in [2.45, 2.75) is 6.43 Å². The van der Waals surface area contributed by atoms with Crippen LogP contribution in [0.4, 0.5) is 14.6 Å². The zero-order valence-corrected chi connectivity index (χ0v) is 8.16. The van der Waals surface area contributed by atoms with Crippen molar-refractivity contribution in [3.8, 4) is 0 Å². The van der Waals surface area contributed by atoms with Gasteiger partial charge in [0.2, 0.25) is 0 Å². The van der Waals surface area contributed by atoms with Crippen molar-refractivity contribution in [1.29, 1.82) is 0 Å². The van der Waals surface area contributed by atoms with Crippen LogP contribution < -0.4 is 5.43 Å². The predicted octanol–water partition coefficient (Wildman–Crippen LogP) is 2.39. The minimum absolute atomic E-state index is 0.112. The highest BCUT2D eigenvalue weighted by Gasteiger charge is 2.14. The monoisotopic (exact) mass is 267 g/mol. The zero-order chi connectivity index (χ0) is 10.7. The molecule has 1 N–H and O–H groups in total. The summed E-state index contributed by atoms with van der Waals surface area (Å²) in [6.45, 7) is 0. The summed E-state index contributed by atoms with van der Waals surface area (Å²) in [6.07, 6.45) is -1.63. The Bertz CT molecular complexity index is 361. The van der Waals surface area contributed by atoms with E-state index in [-0.39, 0.29) is 15.9 Å². The lowest BCUT2D eigenvalue weighted by Crippen LogP contribution is -2.09. The van der Waals surface area contributed by atoms with Gasteiger partial charge in [-0.05, 0) is 22.0 Å². The number of hydrogen-bond acceptors (Lipinski definition) is 3. The molecular formula is C6H4BrF2N3O2. The minimum atomic E-state index is -2.71. The van der Waals surface area contributed by atoms with Gasteiger partial charge in [0.1, 0.15) is 0 Å². The first-order valence-corrected chi connectivity index (χ1v) is 4.14. The molecule has 0 aliphatic rings. The van der Waals surface area contributed by atoms with E-state index in [1.54, 1.807) is 5.43 Å². The van der Waals surface area contributed by atoms with Crippen LogP contribution in [0, 0.1) is 10.1 Å². The smallest absolute Gasteiger partial charge is 0.234 e. The van der Waals surface area contributed by atoms with Gasteiger partial charge in [0.05, 0.1) is 0 Å². The van der Waals surface area contributed by atoms with Crippen molar-refractivity contribution < 1.29 is 13.8 Å². The van der Waals surface area contributed by atoms with Crippen LogP contribution in [-0.4, -0.2) is 10.0 Å². The van der Waals surface area contributed by atoms with Crippen molar-refractivity contribution >= 4 is 21.7 Å². The molecule has 1 aromatic heterocycles. The molecule has 0 spiro atoms. The maximum absolute atomic E-state index is 12.3. The van der Waals surface area contributed by atoms with Gasteiger partial charge >= 0.3 is 0 Å². The molecule has 0 saturated carbocycles. The first-order valence-electron chi connectivity index (χ1n) is 3.35. The number of nitrogens with one attached hydrogen (secondary N) is 1. The average Bonchev–Trinajstić information content (AvgIpc) is 2.07. The molecule has 0 aromatic carbocycles. The standard InChI is InChI=1S/C6H4BrF2N3O2/c7-4-2-10-5(11-12(13)14)1-3(4)6(8)9/h1-2,6H,(H,10,11). The van der Waals surface area contributed by atoms with E-state index in [2.05, 4.69) is 20.9 Å². The Balaban J connectivity index is 3.00. The van der Waals surface area contributed by atoms with Crippen LogP contribution >= 0.6 is 15.9 Å². The van der Waals surface area contributed by atoms with Gasteiger partial charge in [-0.3, -0.25) is 0 Å². The fourth-order valence-corrected chi connectivity index (χ4v) is 1.17. The van der Waals surface area contributed by atoms with E-state index in [9.17, 15) is 18.9 Å². The molecule has 0 amide bonds. The summed E-state index contributed by atoms with van der Waals surface area (Å²) in [4.78, 5) is 13.5. The Labute approximate surface area is 85.4 Å². The van der Waals surface area contributed by atoms with Gasteiger partial charge in [-0.15, -0.1) is 0 Å². The van der Waals surface area contributed by atoms with Gasteiger partial charge in [0, 0.05) is 16.2 Å². The summed E-state index contributed by atoms with van der Waals surface area (Å²) in [5, 5.41) is 9.12. The van der Waals surface area contributed by atoms with Crippen molar-refractivity contribution in [2.24, 2.45) is 0 Å². The number of hydrazine groups is 1. The second-order valence-corrected chi connectivity index (χ2v) is 3.12. The van der Waals surface area contributed by atoms with E-state index >= 15 is 0 Å². The van der Waals surface area contributed by atoms with Gasteiger partial charge in [0.15, 0.2) is 10.9 Å². The van der Waals surface area contributed by atoms with Crippen molar-refractivity contribution in [3.05, 3.63) is 32.4 Å². The Kier molecular flexibility index (Phi) is 3.28. The van der Waals surface area contributed by atoms with E-state index < -0.39 is 11.5 Å². The number of hydrogen-bond donors (Lipinski definition) is 1. The predicted molar refractivity (Wildman–Crippen MR) is 47.5 cm³/mol. The number of rotatable bonds is 3. The van der Waals surface area contributed by atoms with E-state index in [0.717, 1.165) is 12.3 Å². The molecule has 14 heavy (non-hydrogen) atoms. The third-order valence-corrected chi connectivity index (χ3v) is 1.99. The molecule has 0 radical (unpaired) electrons. The molecule has 0 aliphatic carbocycles. The molecule has 0 saturated heterocycles. The van der Waals surface area contributed by atoms with Crippen LogP contribution in [0.2, 0.25) is 0 Å². The molecule has 5 nitrogen and oxygen atoms in total. The number of nitrogens with zero attached hydrogens (tertiary/aromatic N) is 2. The summed E-state index contributed by atoms with van der Waals surface area (Å²) < 4.78 is 24.7. The van der Waals surface area contributed by atoms with E-state index in [1.807, 2.05) is 0 Å². The molecule has 0 atom stereocenters. The van der Waals surface area contributed by atoms with Gasteiger partial charge < -0.3 is 0 Å². The Morgan fingerprint density at radius 1 is 1.64 bits per heavy atom. The molecular weight excluding hydrogens is 264 g/mol. The van der Waals surface area contributed by atoms with Crippen LogP contribution in [0.15, 0.2) is 16.7 Å². The van der Waals surface area contributed by atoms with Gasteiger partial charge in [0.25, 0.3) is 6.43 Å². The third-order valence-electron chi connectivity index (χ3n) is 1.33. The normalized spacial score (nSPS) is 10.3. The lowest BCUT2D eigenvalue weighted by molar-refractivity contribution is -0.445. The van der Waals surface area contributed by atoms with Crippen molar-refractivity contribution in [3.63, 3.8) is 0 Å². The second kappa shape index (κ2) is 4.27. The topological polar surface area (TPSA) is 68.1 Å². The molecule has 0 bridgehead atoms. The van der Waals surface area contributed by atoms with Crippen molar-refractivity contribution in [1.82, 2.24) is 4.98 Å². The van der Waals surface area contributed by atoms with Crippen LogP contribution in [0.25, 0.3) is 0 Å². The molecule has 1 rings (SSSR count). The first kappa shape index (κ1) is 10.8. The summed E-state index contributed by atoms with van der Waals surface area (Å²) >= 11 is 2.86. The number of pyridine rings is 1. The van der Waals surface area contributed by atoms with Crippen LogP contribution in [0.1, 0.15) is 12.0 Å². The van der Waals surface area contributed by atoms with Crippen LogP contribution in [0.3, 0.4) is 0 Å². The van der Waals surface area contributed by atoms with Gasteiger partial charge in [-0.25, -0.2) is 23.9 Å². The minimum Gasteiger partial charge on any atom is -0.234 e. The Morgan fingerprint density at radius 2 is 2.29 bits per heavy atom. The third kappa shape index (κ3) is 2.59. The van der Waals surface area contributed by atoms with Gasteiger partial charge in [-0.1, -0.05) is 5.43 Å². The SMILES string of the molecule is O=[N+]([O-])Nc1cc(C(F)F)c(Br)cn1. The summed E-state index contributed by atoms with van der Waals surface area (Å²) in [5.41, 5.74) is 1.34. The summed E-state index contributed by atoms with van der Waals surface area (Å²) in [7, 11) is 0. The first-order chi connectivity index (χ1) is 6.50. The van der Waals surface area contributed by atoms with E-state index in [1.165, 1.54) is 0 Å². The molecule has 0 fully saturated rings. The molecule has 0 aliphatic heterocycles. The zero-order valence-electron chi connectivity index (χ0n) is 6.58. The quantitative estimate of drug-likeness (QED) is 0.675. The van der Waals surface area contributed by atoms with Crippen LogP contribution in [0.5, 0.6) is 0 Å². The molecule has 8 heteroatoms. The number of aromatic nitrogens is 1. The lowest BCUT2D eigenvalue weighted by Gasteiger charge is -2.03. The Hall–Kier alpha value is -1.31. The summed E-state index contributed by atoms with van der Waals surface area (Å²) in [6, 6.07) is 0.914. The fraction of sp³-hybridized carbons (Fsp3) is 0.167. The summed E-state index contributed by atoms with van der Waals surface area (Å²) in [5.74, 6) is -0.228. The second-order valence-electron chi connectivity index (χ2n) is 2.26. The maximum Gasteiger partial charge on any atom is 0.265 e.